The van der Waals surface area contributed by atoms with E-state index in [9.17, 15) is 14.4 Å². The molecule has 0 spiro atoms. The van der Waals surface area contributed by atoms with Gasteiger partial charge < -0.3 is 41.0 Å². The minimum Gasteiger partial charge on any atom is -1.00 e. The van der Waals surface area contributed by atoms with Gasteiger partial charge in [-0.2, -0.15) is 6.41 Å². The molecule has 0 aromatic heterocycles. The van der Waals surface area contributed by atoms with Gasteiger partial charge in [-0.15, -0.1) is 0 Å². The van der Waals surface area contributed by atoms with Crippen LogP contribution in [0.15, 0.2) is 0 Å². The van der Waals surface area contributed by atoms with E-state index in [2.05, 4.69) is 39.8 Å². The largest absolute Gasteiger partial charge is 1.00 e. The molecule has 0 aliphatic heterocycles. The van der Waals surface area contributed by atoms with Crippen molar-refractivity contribution >= 4 is 18.3 Å². The molecule has 0 unspecified atom stereocenters. The topological polar surface area (TPSA) is 76.1 Å². The molecule has 0 aliphatic carbocycles. The fraction of sp³-hybridized carbons (Fsp3) is 0.921. The van der Waals surface area contributed by atoms with Crippen LogP contribution in [0.1, 0.15) is 181 Å². The van der Waals surface area contributed by atoms with E-state index in [4.69, 9.17) is 9.47 Å². The van der Waals surface area contributed by atoms with Gasteiger partial charge in [-0.3, -0.25) is 9.59 Å². The Labute approximate surface area is 327 Å². The number of amides is 1. The number of ether oxygens (including phenoxy) is 2. The second-order valence-corrected chi connectivity index (χ2v) is 12.9. The summed E-state index contributed by atoms with van der Waals surface area (Å²) in [5, 5.41) is 0. The predicted molar refractivity (Wildman–Crippen MR) is 190 cm³/mol. The number of halogens is 1. The molecule has 0 saturated heterocycles. The molecule has 0 bridgehead atoms. The van der Waals surface area contributed by atoms with Crippen LogP contribution in [0, 0.1) is 0 Å². The van der Waals surface area contributed by atoms with Crippen molar-refractivity contribution in [1.82, 2.24) is 9.80 Å². The third-order valence-corrected chi connectivity index (χ3v) is 8.02. The van der Waals surface area contributed by atoms with Gasteiger partial charge in [-0.25, -0.2) is 0 Å². The van der Waals surface area contributed by atoms with Crippen LogP contribution in [0.2, 0.25) is 0 Å². The number of hydrogen-bond acceptors (Lipinski definition) is 6. The molecule has 0 saturated carbocycles. The van der Waals surface area contributed by atoms with Crippen molar-refractivity contribution in [2.75, 3.05) is 46.9 Å². The van der Waals surface area contributed by atoms with Crippen molar-refractivity contribution in [2.24, 2.45) is 0 Å². The summed E-state index contributed by atoms with van der Waals surface area (Å²) in [7, 11) is 4.17. The van der Waals surface area contributed by atoms with Gasteiger partial charge in [0, 0.05) is 58.6 Å². The van der Waals surface area contributed by atoms with Crippen molar-refractivity contribution in [2.45, 2.75) is 181 Å². The van der Waals surface area contributed by atoms with Crippen LogP contribution in [0.3, 0.4) is 0 Å². The van der Waals surface area contributed by atoms with E-state index in [1.54, 1.807) is 0 Å². The molecule has 0 aromatic carbocycles. The van der Waals surface area contributed by atoms with Gasteiger partial charge in [0.2, 0.25) is 0 Å². The number of nitrogens with zero attached hydrogens (tertiary/aromatic N) is 2. The Hall–Kier alpha value is -0.0461. The first kappa shape index (κ1) is 53.7. The maximum Gasteiger partial charge on any atom is 0.305 e. The standard InChI is InChI=1S/C33H62NO5.C5H13N.BrH.Y/c1-3-5-7-9-11-13-15-17-19-21-23-25-32(36)38-29-27-34(31-35)28-30-39-33(37)26-24-22-20-18-16-14-12-10-8-6-4-2;1-4-5-6(2)3;;/h3-30H2,1-2H3;4-5H2,1-3H3;1H;/q-1;;;/p-1. The molecule has 7 nitrogen and oxygen atoms in total. The molecular weight excluding hydrogens is 733 g/mol. The first-order chi connectivity index (χ1) is 21.9. The van der Waals surface area contributed by atoms with Crippen molar-refractivity contribution in [3.05, 3.63) is 0 Å². The number of hydrogen-bond donors (Lipinski definition) is 0. The summed E-state index contributed by atoms with van der Waals surface area (Å²) < 4.78 is 10.5. The van der Waals surface area contributed by atoms with Gasteiger partial charge >= 0.3 is 11.9 Å². The maximum absolute atomic E-state index is 11.9. The quantitative estimate of drug-likeness (QED) is 0.0315. The van der Waals surface area contributed by atoms with Gasteiger partial charge in [-0.1, -0.05) is 149 Å². The van der Waals surface area contributed by atoms with Crippen molar-refractivity contribution in [1.29, 1.82) is 0 Å². The average molecular weight is 809 g/mol. The minimum absolute atomic E-state index is 0. The third kappa shape index (κ3) is 48.1. The van der Waals surface area contributed by atoms with Crippen molar-refractivity contribution in [3.8, 4) is 0 Å². The fourth-order valence-corrected chi connectivity index (χ4v) is 5.20. The number of unbranched alkanes of at least 4 members (excludes halogenated alkanes) is 20. The Morgan fingerprint density at radius 2 is 0.787 bits per heavy atom. The second-order valence-electron chi connectivity index (χ2n) is 12.9. The van der Waals surface area contributed by atoms with Crippen LogP contribution in [-0.2, 0) is 56.6 Å². The number of carbonyl (C=O) groups excluding carboxylic acids is 3. The predicted octanol–water partition coefficient (Wildman–Crippen LogP) is 6.80. The summed E-state index contributed by atoms with van der Waals surface area (Å²) in [5.74, 6) is -0.426. The molecule has 47 heavy (non-hydrogen) atoms. The molecule has 0 aliphatic rings. The van der Waals surface area contributed by atoms with Crippen LogP contribution in [0.25, 0.3) is 0 Å². The maximum atomic E-state index is 11.9. The number of rotatable bonds is 33. The van der Waals surface area contributed by atoms with Gasteiger partial charge in [0.25, 0.3) is 0 Å². The Kier molecular flexibility index (Phi) is 52.5. The Balaban J connectivity index is -0.00000105. The summed E-state index contributed by atoms with van der Waals surface area (Å²) in [4.78, 5) is 38.5. The summed E-state index contributed by atoms with van der Waals surface area (Å²) in [6, 6.07) is 0. The Morgan fingerprint density at radius 1 is 0.489 bits per heavy atom. The van der Waals surface area contributed by atoms with E-state index in [-0.39, 0.29) is 87.9 Å². The molecule has 1 amide bonds. The summed E-state index contributed by atoms with van der Waals surface area (Å²) in [6.45, 7) is 8.72. The van der Waals surface area contributed by atoms with Crippen molar-refractivity contribution < 1.29 is 73.5 Å². The zero-order valence-electron chi connectivity index (χ0n) is 31.6. The SMILES string of the molecule is CCCCCCCCCCCCCC(=O)OCCN([C-]=O)CCOC(=O)CCCCCCCCCCCCC.CCCN(C)C.[Br-].[Y]. The number of carbonyl (C=O) groups is 2. The first-order valence-corrected chi connectivity index (χ1v) is 19.0. The zero-order valence-corrected chi connectivity index (χ0v) is 36.0. The van der Waals surface area contributed by atoms with Crippen LogP contribution < -0.4 is 17.0 Å². The molecule has 1 radical (unpaired) electrons. The molecule has 0 heterocycles. The second kappa shape index (κ2) is 46.0. The summed E-state index contributed by atoms with van der Waals surface area (Å²) in [6.07, 6.45) is 31.3. The van der Waals surface area contributed by atoms with E-state index in [1.165, 1.54) is 133 Å². The van der Waals surface area contributed by atoms with E-state index in [0.717, 1.165) is 25.7 Å². The van der Waals surface area contributed by atoms with Gasteiger partial charge in [-0.05, 0) is 39.9 Å². The summed E-state index contributed by atoms with van der Waals surface area (Å²) in [5.41, 5.74) is 0. The molecule has 0 rings (SSSR count). The van der Waals surface area contributed by atoms with Gasteiger partial charge in [0.05, 0.1) is 0 Å². The Bertz CT molecular complexity index is 599. The van der Waals surface area contributed by atoms with E-state index in [0.29, 0.717) is 12.8 Å². The zero-order chi connectivity index (χ0) is 33.6. The monoisotopic (exact) mass is 807 g/mol. The normalized spacial score (nSPS) is 10.3. The van der Waals surface area contributed by atoms with E-state index >= 15 is 0 Å². The molecule has 0 N–H and O–H groups in total. The molecule has 0 atom stereocenters. The molecular formula is C38H75BrN2O5Y-2. The molecule has 0 fully saturated rings. The average Bonchev–Trinajstić information content (AvgIpc) is 3.02. The first-order valence-electron chi connectivity index (χ1n) is 19.0. The summed E-state index contributed by atoms with van der Waals surface area (Å²) >= 11 is 0. The molecule has 279 valence electrons. The molecule has 0 aromatic rings. The smallest absolute Gasteiger partial charge is 0.305 e. The minimum atomic E-state index is -0.213. The van der Waals surface area contributed by atoms with Crippen LogP contribution in [0.5, 0.6) is 0 Å². The van der Waals surface area contributed by atoms with E-state index < -0.39 is 0 Å². The van der Waals surface area contributed by atoms with Gasteiger partial charge in [0.1, 0.15) is 13.2 Å². The number of esters is 2. The van der Waals surface area contributed by atoms with Crippen LogP contribution in [0.4, 0.5) is 0 Å². The van der Waals surface area contributed by atoms with E-state index in [1.807, 2.05) is 6.41 Å². The third-order valence-electron chi connectivity index (χ3n) is 8.02. The van der Waals surface area contributed by atoms with Crippen molar-refractivity contribution in [3.63, 3.8) is 0 Å². The fourth-order valence-electron chi connectivity index (χ4n) is 5.20. The van der Waals surface area contributed by atoms with Crippen LogP contribution >= 0.6 is 0 Å². The molecule has 9 heteroatoms. The Morgan fingerprint density at radius 3 is 1.02 bits per heavy atom. The van der Waals surface area contributed by atoms with Crippen LogP contribution in [-0.4, -0.2) is 75.1 Å². The van der Waals surface area contributed by atoms with Gasteiger partial charge in [0.15, 0.2) is 0 Å².